The van der Waals surface area contributed by atoms with Crippen LogP contribution < -0.4 is 10.6 Å². The monoisotopic (exact) mass is 316 g/mol. The topological polar surface area (TPSA) is 41.9 Å². The van der Waals surface area contributed by atoms with Crippen LogP contribution in [0.25, 0.3) is 0 Å². The number of nitrogens with zero attached hydrogens (tertiary/aromatic N) is 2. The van der Waals surface area contributed by atoms with E-state index in [1.54, 1.807) is 6.20 Å². The average Bonchev–Trinajstić information content (AvgIpc) is 2.92. The van der Waals surface area contributed by atoms with Crippen molar-refractivity contribution < 1.29 is 0 Å². The van der Waals surface area contributed by atoms with Crippen LogP contribution in [0.15, 0.2) is 42.7 Å². The van der Waals surface area contributed by atoms with E-state index >= 15 is 0 Å². The third kappa shape index (κ3) is 4.84. The van der Waals surface area contributed by atoms with Gasteiger partial charge in [0.25, 0.3) is 0 Å². The molecule has 0 radical (unpaired) electrons. The fourth-order valence-electron chi connectivity index (χ4n) is 2.09. The molecule has 2 rings (SSSR count). The van der Waals surface area contributed by atoms with Crippen molar-refractivity contribution in [1.82, 2.24) is 15.1 Å². The van der Waals surface area contributed by atoms with E-state index in [0.29, 0.717) is 5.11 Å². The van der Waals surface area contributed by atoms with Crippen molar-refractivity contribution in [2.75, 3.05) is 5.32 Å². The molecule has 5 heteroatoms. The lowest BCUT2D eigenvalue weighted by Crippen LogP contribution is -2.48. The predicted molar refractivity (Wildman–Crippen MR) is 96.0 cm³/mol. The number of anilines is 1. The molecule has 1 unspecified atom stereocenters. The molecule has 1 atom stereocenters. The SMILES string of the molecule is Cc1ccc(NC(=S)NC(Cn2cccn2)C(C)(C)C)cc1. The molecule has 0 aliphatic carbocycles. The summed E-state index contributed by atoms with van der Waals surface area (Å²) < 4.78 is 1.93. The van der Waals surface area contributed by atoms with Gasteiger partial charge in [0.1, 0.15) is 0 Å². The highest BCUT2D eigenvalue weighted by Gasteiger charge is 2.25. The summed E-state index contributed by atoms with van der Waals surface area (Å²) in [4.78, 5) is 0. The maximum Gasteiger partial charge on any atom is 0.171 e. The van der Waals surface area contributed by atoms with Crippen LogP contribution in [0, 0.1) is 12.3 Å². The molecule has 0 fully saturated rings. The second-order valence-electron chi connectivity index (χ2n) is 6.61. The van der Waals surface area contributed by atoms with Crippen molar-refractivity contribution in [3.05, 3.63) is 48.3 Å². The third-order valence-electron chi connectivity index (χ3n) is 3.59. The van der Waals surface area contributed by atoms with E-state index in [4.69, 9.17) is 12.2 Å². The predicted octanol–water partition coefficient (Wildman–Crippen LogP) is 3.59. The molecule has 1 aromatic heterocycles. The maximum atomic E-state index is 5.46. The van der Waals surface area contributed by atoms with Gasteiger partial charge in [0.05, 0.1) is 12.6 Å². The summed E-state index contributed by atoms with van der Waals surface area (Å²) in [5, 5.41) is 11.6. The molecule has 0 amide bonds. The molecule has 0 spiro atoms. The van der Waals surface area contributed by atoms with Crippen LogP contribution in [-0.4, -0.2) is 20.9 Å². The van der Waals surface area contributed by atoms with E-state index < -0.39 is 0 Å². The van der Waals surface area contributed by atoms with Gasteiger partial charge in [-0.05, 0) is 42.8 Å². The highest BCUT2D eigenvalue weighted by atomic mass is 32.1. The van der Waals surface area contributed by atoms with E-state index in [1.807, 2.05) is 29.1 Å². The van der Waals surface area contributed by atoms with E-state index in [0.717, 1.165) is 12.2 Å². The normalized spacial score (nSPS) is 12.7. The first-order valence-corrected chi connectivity index (χ1v) is 7.87. The molecule has 1 heterocycles. The number of hydrogen-bond acceptors (Lipinski definition) is 2. The molecule has 0 saturated carbocycles. The first kappa shape index (κ1) is 16.5. The van der Waals surface area contributed by atoms with Crippen molar-refractivity contribution in [2.45, 2.75) is 40.3 Å². The number of hydrogen-bond donors (Lipinski definition) is 2. The zero-order chi connectivity index (χ0) is 16.2. The minimum atomic E-state index is 0.0605. The van der Waals surface area contributed by atoms with Crippen LogP contribution in [0.3, 0.4) is 0 Å². The van der Waals surface area contributed by atoms with Crippen LogP contribution in [-0.2, 0) is 6.54 Å². The number of rotatable bonds is 4. The number of aromatic nitrogens is 2. The maximum absolute atomic E-state index is 5.46. The van der Waals surface area contributed by atoms with Crippen LogP contribution in [0.1, 0.15) is 26.3 Å². The molecule has 118 valence electrons. The van der Waals surface area contributed by atoms with Gasteiger partial charge in [-0.25, -0.2) is 0 Å². The summed E-state index contributed by atoms with van der Waals surface area (Å²) in [6, 6.07) is 10.3. The van der Waals surface area contributed by atoms with Crippen LogP contribution in [0.4, 0.5) is 5.69 Å². The van der Waals surface area contributed by atoms with Gasteiger partial charge in [-0.3, -0.25) is 4.68 Å². The van der Waals surface area contributed by atoms with Crippen LogP contribution in [0.2, 0.25) is 0 Å². The largest absolute Gasteiger partial charge is 0.357 e. The summed E-state index contributed by atoms with van der Waals surface area (Å²) in [6.07, 6.45) is 3.76. The lowest BCUT2D eigenvalue weighted by atomic mass is 9.87. The number of aryl methyl sites for hydroxylation is 1. The van der Waals surface area contributed by atoms with E-state index in [-0.39, 0.29) is 11.5 Å². The van der Waals surface area contributed by atoms with Gasteiger partial charge in [0.15, 0.2) is 5.11 Å². The fourth-order valence-corrected chi connectivity index (χ4v) is 2.35. The van der Waals surface area contributed by atoms with E-state index in [2.05, 4.69) is 55.6 Å². The summed E-state index contributed by atoms with van der Waals surface area (Å²) in [5.41, 5.74) is 2.29. The molecule has 2 aromatic rings. The molecular weight excluding hydrogens is 292 g/mol. The Balaban J connectivity index is 2.00. The van der Waals surface area contributed by atoms with Gasteiger partial charge in [-0.15, -0.1) is 0 Å². The van der Waals surface area contributed by atoms with Crippen molar-refractivity contribution in [3.8, 4) is 0 Å². The van der Waals surface area contributed by atoms with Gasteiger partial charge >= 0.3 is 0 Å². The number of benzene rings is 1. The summed E-state index contributed by atoms with van der Waals surface area (Å²) in [6.45, 7) is 9.43. The molecule has 1 aromatic carbocycles. The van der Waals surface area contributed by atoms with Gasteiger partial charge < -0.3 is 10.6 Å². The second-order valence-corrected chi connectivity index (χ2v) is 7.02. The highest BCUT2D eigenvalue weighted by molar-refractivity contribution is 7.80. The van der Waals surface area contributed by atoms with Gasteiger partial charge in [0, 0.05) is 18.1 Å². The summed E-state index contributed by atoms with van der Waals surface area (Å²) >= 11 is 5.46. The van der Waals surface area contributed by atoms with Gasteiger partial charge in [-0.2, -0.15) is 5.10 Å². The third-order valence-corrected chi connectivity index (χ3v) is 3.81. The Labute approximate surface area is 137 Å². The molecular formula is C17H24N4S. The molecule has 0 aliphatic rings. The molecule has 0 saturated heterocycles. The summed E-state index contributed by atoms with van der Waals surface area (Å²) in [7, 11) is 0. The molecule has 4 nitrogen and oxygen atoms in total. The van der Waals surface area contributed by atoms with Gasteiger partial charge in [0.2, 0.25) is 0 Å². The zero-order valence-corrected chi connectivity index (χ0v) is 14.4. The Morgan fingerprint density at radius 2 is 1.95 bits per heavy atom. The molecule has 22 heavy (non-hydrogen) atoms. The van der Waals surface area contributed by atoms with Crippen molar-refractivity contribution >= 4 is 23.0 Å². The lowest BCUT2D eigenvalue weighted by molar-refractivity contribution is 0.262. The Morgan fingerprint density at radius 3 is 2.50 bits per heavy atom. The lowest BCUT2D eigenvalue weighted by Gasteiger charge is -2.32. The molecule has 2 N–H and O–H groups in total. The van der Waals surface area contributed by atoms with Crippen molar-refractivity contribution in [3.63, 3.8) is 0 Å². The quantitative estimate of drug-likeness (QED) is 0.846. The van der Waals surface area contributed by atoms with Crippen LogP contribution >= 0.6 is 12.2 Å². The minimum Gasteiger partial charge on any atom is -0.357 e. The smallest absolute Gasteiger partial charge is 0.171 e. The Kier molecular flexibility index (Phi) is 5.19. The van der Waals surface area contributed by atoms with Crippen molar-refractivity contribution in [1.29, 1.82) is 0 Å². The first-order chi connectivity index (χ1) is 10.3. The minimum absolute atomic E-state index is 0.0605. The number of thiocarbonyl (C=S) groups is 1. The second kappa shape index (κ2) is 6.92. The van der Waals surface area contributed by atoms with Gasteiger partial charge in [-0.1, -0.05) is 38.5 Å². The Bertz CT molecular complexity index is 597. The fraction of sp³-hybridized carbons (Fsp3) is 0.412. The number of nitrogens with one attached hydrogen (secondary N) is 2. The molecule has 0 aliphatic heterocycles. The van der Waals surface area contributed by atoms with E-state index in [1.165, 1.54) is 5.56 Å². The first-order valence-electron chi connectivity index (χ1n) is 7.46. The Morgan fingerprint density at radius 1 is 1.27 bits per heavy atom. The summed E-state index contributed by atoms with van der Waals surface area (Å²) in [5.74, 6) is 0. The van der Waals surface area contributed by atoms with Crippen LogP contribution in [0.5, 0.6) is 0 Å². The molecule has 0 bridgehead atoms. The van der Waals surface area contributed by atoms with Crippen molar-refractivity contribution in [2.24, 2.45) is 5.41 Å². The zero-order valence-electron chi connectivity index (χ0n) is 13.6. The average molecular weight is 316 g/mol. The standard InChI is InChI=1S/C17H24N4S/c1-13-6-8-14(9-7-13)19-16(22)20-15(17(2,3)4)12-21-11-5-10-18-21/h5-11,15H,12H2,1-4H3,(H2,19,20,22). The highest BCUT2D eigenvalue weighted by Crippen LogP contribution is 2.21. The Hall–Kier alpha value is -1.88. The van der Waals surface area contributed by atoms with E-state index in [9.17, 15) is 0 Å².